The predicted molar refractivity (Wildman–Crippen MR) is 65.4 cm³/mol. The van der Waals surface area contributed by atoms with E-state index < -0.39 is 0 Å². The first-order chi connectivity index (χ1) is 7.22. The number of fused-ring (bicyclic) bond motifs is 1. The van der Waals surface area contributed by atoms with Crippen molar-refractivity contribution >= 4 is 22.5 Å². The zero-order chi connectivity index (χ0) is 10.8. The van der Waals surface area contributed by atoms with Gasteiger partial charge in [0.1, 0.15) is 0 Å². The Morgan fingerprint density at radius 1 is 1.40 bits per heavy atom. The van der Waals surface area contributed by atoms with Gasteiger partial charge in [-0.1, -0.05) is 17.7 Å². The molecule has 15 heavy (non-hydrogen) atoms. The van der Waals surface area contributed by atoms with Gasteiger partial charge in [0.05, 0.1) is 0 Å². The summed E-state index contributed by atoms with van der Waals surface area (Å²) in [5.74, 6) is 0. The van der Waals surface area contributed by atoms with Crippen molar-refractivity contribution < 1.29 is 0 Å². The maximum Gasteiger partial charge on any atom is 0.0473 e. The average Bonchev–Trinajstić information content (AvgIpc) is 2.50. The molecule has 1 heterocycles. The Labute approximate surface area is 94.4 Å². The lowest BCUT2D eigenvalue weighted by Crippen LogP contribution is -2.00. The van der Waals surface area contributed by atoms with Crippen LogP contribution < -0.4 is 5.73 Å². The Morgan fingerprint density at radius 2 is 2.20 bits per heavy atom. The van der Waals surface area contributed by atoms with Crippen LogP contribution in [0.15, 0.2) is 18.2 Å². The van der Waals surface area contributed by atoms with Crippen molar-refractivity contribution in [3.63, 3.8) is 0 Å². The van der Waals surface area contributed by atoms with E-state index in [0.29, 0.717) is 0 Å². The molecule has 0 radical (unpaired) electrons. The molecule has 3 N–H and O–H groups in total. The number of aromatic nitrogens is 1. The van der Waals surface area contributed by atoms with E-state index in [2.05, 4.69) is 18.0 Å². The van der Waals surface area contributed by atoms with Crippen LogP contribution in [0.4, 0.5) is 0 Å². The summed E-state index contributed by atoms with van der Waals surface area (Å²) in [4.78, 5) is 3.35. The van der Waals surface area contributed by atoms with Gasteiger partial charge in [0.2, 0.25) is 0 Å². The molecule has 3 heteroatoms. The molecule has 2 nitrogen and oxygen atoms in total. The van der Waals surface area contributed by atoms with Crippen molar-refractivity contribution in [2.24, 2.45) is 5.73 Å². The number of H-pyrrole nitrogens is 1. The van der Waals surface area contributed by atoms with Crippen molar-refractivity contribution in [2.45, 2.75) is 19.8 Å². The van der Waals surface area contributed by atoms with Crippen molar-refractivity contribution in [1.29, 1.82) is 0 Å². The van der Waals surface area contributed by atoms with E-state index in [1.54, 1.807) is 0 Å². The van der Waals surface area contributed by atoms with E-state index in [1.165, 1.54) is 16.6 Å². The fraction of sp³-hybridized carbons (Fsp3) is 0.333. The highest BCUT2D eigenvalue weighted by molar-refractivity contribution is 6.31. The molecule has 1 aromatic carbocycles. The highest BCUT2D eigenvalue weighted by Crippen LogP contribution is 2.25. The molecule has 2 aromatic rings. The number of nitrogens with one attached hydrogen (secondary N) is 1. The Balaban J connectivity index is 2.48. The van der Waals surface area contributed by atoms with E-state index in [-0.39, 0.29) is 0 Å². The van der Waals surface area contributed by atoms with Gasteiger partial charge in [-0.2, -0.15) is 0 Å². The first-order valence-electron chi connectivity index (χ1n) is 5.19. The molecule has 0 aliphatic rings. The summed E-state index contributed by atoms with van der Waals surface area (Å²) in [7, 11) is 0. The van der Waals surface area contributed by atoms with E-state index in [0.717, 1.165) is 29.9 Å². The molecule has 80 valence electrons. The zero-order valence-electron chi connectivity index (χ0n) is 8.81. The monoisotopic (exact) mass is 222 g/mol. The summed E-state index contributed by atoms with van der Waals surface area (Å²) in [6.45, 7) is 2.83. The average molecular weight is 223 g/mol. The van der Waals surface area contributed by atoms with Crippen LogP contribution in [0.5, 0.6) is 0 Å². The van der Waals surface area contributed by atoms with E-state index in [9.17, 15) is 0 Å². The molecule has 0 bridgehead atoms. The van der Waals surface area contributed by atoms with Crippen LogP contribution in [0.2, 0.25) is 5.02 Å². The number of benzene rings is 1. The Hall–Kier alpha value is -0.990. The standard InChI is InChI=1S/C12H15ClN2/c1-8-10(3-2-6-14)11-5-4-9(13)7-12(11)15-8/h4-5,7,15H,2-3,6,14H2,1H3. The maximum absolute atomic E-state index is 5.94. The summed E-state index contributed by atoms with van der Waals surface area (Å²) in [6.07, 6.45) is 2.06. The van der Waals surface area contributed by atoms with Crippen LogP contribution >= 0.6 is 11.6 Å². The molecule has 0 unspecified atom stereocenters. The number of halogens is 1. The van der Waals surface area contributed by atoms with Crippen LogP contribution in [0, 0.1) is 6.92 Å². The Kier molecular flexibility index (Phi) is 2.98. The lowest BCUT2D eigenvalue weighted by Gasteiger charge is -1.99. The number of aromatic amines is 1. The molecule has 0 amide bonds. The number of hydrogen-bond acceptors (Lipinski definition) is 1. The van der Waals surface area contributed by atoms with Crippen LogP contribution in [0.1, 0.15) is 17.7 Å². The predicted octanol–water partition coefficient (Wildman–Crippen LogP) is 3.02. The second-order valence-electron chi connectivity index (χ2n) is 3.81. The third-order valence-corrected chi connectivity index (χ3v) is 2.95. The normalized spacial score (nSPS) is 11.1. The van der Waals surface area contributed by atoms with E-state index >= 15 is 0 Å². The van der Waals surface area contributed by atoms with E-state index in [4.69, 9.17) is 17.3 Å². The summed E-state index contributed by atoms with van der Waals surface area (Å²) < 4.78 is 0. The minimum Gasteiger partial charge on any atom is -0.358 e. The lowest BCUT2D eigenvalue weighted by molar-refractivity contribution is 0.831. The topological polar surface area (TPSA) is 41.8 Å². The summed E-state index contributed by atoms with van der Waals surface area (Å²) in [5.41, 5.74) is 9.24. The van der Waals surface area contributed by atoms with Gasteiger partial charge >= 0.3 is 0 Å². The van der Waals surface area contributed by atoms with Gasteiger partial charge in [0, 0.05) is 21.6 Å². The van der Waals surface area contributed by atoms with Crippen LogP contribution in [0.3, 0.4) is 0 Å². The Morgan fingerprint density at radius 3 is 2.93 bits per heavy atom. The van der Waals surface area contributed by atoms with Crippen LogP contribution in [-0.4, -0.2) is 11.5 Å². The number of rotatable bonds is 3. The highest BCUT2D eigenvalue weighted by atomic mass is 35.5. The summed E-state index contributed by atoms with van der Waals surface area (Å²) in [5, 5.41) is 2.04. The third-order valence-electron chi connectivity index (χ3n) is 2.71. The van der Waals surface area contributed by atoms with Gasteiger partial charge in [-0.05, 0) is 44.0 Å². The minimum absolute atomic E-state index is 0.736. The van der Waals surface area contributed by atoms with Crippen molar-refractivity contribution in [3.05, 3.63) is 34.5 Å². The number of aryl methyl sites for hydroxylation is 2. The smallest absolute Gasteiger partial charge is 0.0473 e. The molecular formula is C12H15ClN2. The lowest BCUT2D eigenvalue weighted by atomic mass is 10.1. The number of hydrogen-bond donors (Lipinski definition) is 2. The molecular weight excluding hydrogens is 208 g/mol. The second-order valence-corrected chi connectivity index (χ2v) is 4.25. The quantitative estimate of drug-likeness (QED) is 0.824. The van der Waals surface area contributed by atoms with Crippen molar-refractivity contribution in [1.82, 2.24) is 4.98 Å². The molecule has 2 rings (SSSR count). The SMILES string of the molecule is Cc1[nH]c2cc(Cl)ccc2c1CCCN. The maximum atomic E-state index is 5.94. The molecule has 0 saturated heterocycles. The molecule has 0 spiro atoms. The highest BCUT2D eigenvalue weighted by Gasteiger charge is 2.07. The van der Waals surface area contributed by atoms with Gasteiger partial charge in [-0.15, -0.1) is 0 Å². The van der Waals surface area contributed by atoms with Gasteiger partial charge in [-0.3, -0.25) is 0 Å². The summed E-state index contributed by atoms with van der Waals surface area (Å²) >= 11 is 5.94. The fourth-order valence-electron chi connectivity index (χ4n) is 1.96. The first-order valence-corrected chi connectivity index (χ1v) is 5.57. The molecule has 0 fully saturated rings. The molecule has 0 aliphatic heterocycles. The van der Waals surface area contributed by atoms with Crippen molar-refractivity contribution in [3.8, 4) is 0 Å². The molecule has 1 aromatic heterocycles. The van der Waals surface area contributed by atoms with Crippen molar-refractivity contribution in [2.75, 3.05) is 6.54 Å². The fourth-order valence-corrected chi connectivity index (χ4v) is 2.14. The first kappa shape index (κ1) is 10.5. The van der Waals surface area contributed by atoms with Gasteiger partial charge in [0.15, 0.2) is 0 Å². The van der Waals surface area contributed by atoms with Gasteiger partial charge in [0.25, 0.3) is 0 Å². The third kappa shape index (κ3) is 2.01. The number of nitrogens with two attached hydrogens (primary N) is 1. The van der Waals surface area contributed by atoms with Gasteiger partial charge in [-0.25, -0.2) is 0 Å². The van der Waals surface area contributed by atoms with E-state index in [1.807, 2.05) is 12.1 Å². The zero-order valence-corrected chi connectivity index (χ0v) is 9.56. The minimum atomic E-state index is 0.736. The molecule has 0 aliphatic carbocycles. The second kappa shape index (κ2) is 4.25. The van der Waals surface area contributed by atoms with Gasteiger partial charge < -0.3 is 10.7 Å². The van der Waals surface area contributed by atoms with Crippen LogP contribution in [0.25, 0.3) is 10.9 Å². The largest absolute Gasteiger partial charge is 0.358 e. The molecule has 0 saturated carbocycles. The summed E-state index contributed by atoms with van der Waals surface area (Å²) in [6, 6.07) is 5.98. The molecule has 0 atom stereocenters. The Bertz CT molecular complexity index is 474. The van der Waals surface area contributed by atoms with Crippen LogP contribution in [-0.2, 0) is 6.42 Å².